The molecule has 8 aromatic rings. The van der Waals surface area contributed by atoms with E-state index in [1.807, 2.05) is 24.5 Å². The normalized spacial score (nSPS) is 13.0. The highest BCUT2D eigenvalue weighted by Crippen LogP contribution is 2.52. The highest BCUT2D eigenvalue weighted by Gasteiger charge is 2.36. The van der Waals surface area contributed by atoms with Crippen molar-refractivity contribution in [1.82, 2.24) is 9.55 Å². The van der Waals surface area contributed by atoms with Gasteiger partial charge in [-0.25, -0.2) is 0 Å². The molecule has 0 saturated carbocycles. The van der Waals surface area contributed by atoms with Crippen LogP contribution in [0, 0.1) is 22.7 Å². The van der Waals surface area contributed by atoms with Crippen LogP contribution in [0.15, 0.2) is 152 Å². The van der Waals surface area contributed by atoms with Gasteiger partial charge in [-0.3, -0.25) is 4.98 Å². The largest absolute Gasteiger partial charge is 0.310 e. The molecule has 1 aliphatic rings. The summed E-state index contributed by atoms with van der Waals surface area (Å²) in [5, 5.41) is 22.2. The Morgan fingerprint density at radius 1 is 0.549 bits per heavy atom. The molecule has 9 rings (SSSR count). The van der Waals surface area contributed by atoms with Gasteiger partial charge in [-0.1, -0.05) is 92.7 Å². The molecular formula is C46H31N5. The van der Waals surface area contributed by atoms with Crippen LogP contribution in [0.25, 0.3) is 49.7 Å². The summed E-state index contributed by atoms with van der Waals surface area (Å²) in [6.07, 6.45) is 3.80. The molecule has 0 aliphatic carbocycles. The van der Waals surface area contributed by atoms with Gasteiger partial charge in [0.05, 0.1) is 45.7 Å². The molecule has 0 saturated heterocycles. The number of benzene rings is 6. The highest BCUT2D eigenvalue weighted by atomic mass is 15.2. The Kier molecular flexibility index (Phi) is 6.85. The van der Waals surface area contributed by atoms with Crippen molar-refractivity contribution >= 4 is 38.9 Å². The summed E-state index contributed by atoms with van der Waals surface area (Å²) < 4.78 is 2.33. The van der Waals surface area contributed by atoms with E-state index in [4.69, 9.17) is 0 Å². The average molecular weight is 654 g/mol. The molecule has 0 radical (unpaired) electrons. The zero-order valence-corrected chi connectivity index (χ0v) is 28.2. The summed E-state index contributed by atoms with van der Waals surface area (Å²) in [4.78, 5) is 6.88. The molecule has 51 heavy (non-hydrogen) atoms. The topological polar surface area (TPSA) is 68.6 Å². The number of para-hydroxylation sites is 3. The van der Waals surface area contributed by atoms with Gasteiger partial charge < -0.3 is 9.47 Å². The Bertz CT molecular complexity index is 2640. The van der Waals surface area contributed by atoms with Gasteiger partial charge >= 0.3 is 0 Å². The van der Waals surface area contributed by atoms with Crippen molar-refractivity contribution < 1.29 is 0 Å². The predicted octanol–water partition coefficient (Wildman–Crippen LogP) is 11.4. The zero-order valence-electron chi connectivity index (χ0n) is 28.2. The lowest BCUT2D eigenvalue weighted by Gasteiger charge is -2.42. The SMILES string of the molecule is CC1(C)c2ccccc2N(c2cc(-c3cccc(-c4c(C#N)cccc4C#N)c3)cc(-n3c4ccccc4c4cnccc43)c2)c2ccccc21. The van der Waals surface area contributed by atoms with Gasteiger partial charge in [0.2, 0.25) is 0 Å². The van der Waals surface area contributed by atoms with E-state index in [2.05, 4.69) is 150 Å². The van der Waals surface area contributed by atoms with Crippen LogP contribution >= 0.6 is 0 Å². The maximum atomic E-state index is 10.0. The Morgan fingerprint density at radius 2 is 1.16 bits per heavy atom. The Hall–Kier alpha value is -6.95. The smallest absolute Gasteiger partial charge is 0.0998 e. The maximum Gasteiger partial charge on any atom is 0.0998 e. The van der Waals surface area contributed by atoms with Gasteiger partial charge in [-0.2, -0.15) is 10.5 Å². The van der Waals surface area contributed by atoms with Crippen molar-refractivity contribution in [3.8, 4) is 40.1 Å². The van der Waals surface area contributed by atoms with Crippen LogP contribution in [0.5, 0.6) is 0 Å². The van der Waals surface area contributed by atoms with Crippen LogP contribution < -0.4 is 4.90 Å². The summed E-state index contributed by atoms with van der Waals surface area (Å²) >= 11 is 0. The Morgan fingerprint density at radius 3 is 1.88 bits per heavy atom. The van der Waals surface area contributed by atoms with E-state index in [1.54, 1.807) is 18.2 Å². The van der Waals surface area contributed by atoms with Crippen LogP contribution in [0.2, 0.25) is 0 Å². The molecule has 3 heterocycles. The zero-order chi connectivity index (χ0) is 34.7. The number of fused-ring (bicyclic) bond motifs is 5. The van der Waals surface area contributed by atoms with Gasteiger partial charge in [0.25, 0.3) is 0 Å². The van der Waals surface area contributed by atoms with Gasteiger partial charge in [-0.15, -0.1) is 0 Å². The number of aromatic nitrogens is 2. The fourth-order valence-electron chi connectivity index (χ4n) is 7.97. The van der Waals surface area contributed by atoms with Crippen molar-refractivity contribution in [3.63, 3.8) is 0 Å². The molecule has 0 amide bonds. The van der Waals surface area contributed by atoms with Crippen LogP contribution in [0.3, 0.4) is 0 Å². The molecule has 0 spiro atoms. The molecular weight excluding hydrogens is 623 g/mol. The third kappa shape index (κ3) is 4.64. The Labute approximate surface area is 296 Å². The lowest BCUT2D eigenvalue weighted by molar-refractivity contribution is 0.632. The number of hydrogen-bond donors (Lipinski definition) is 0. The monoisotopic (exact) mass is 653 g/mol. The standard InChI is InChI=1S/C46H31N5/c1-46(2)39-16-4-7-19-43(39)51(44-20-8-5-17-40(44)46)36-25-34(30-11-9-12-31(23-30)45-32(27-47)13-10-14-33(45)28-48)24-35(26-36)50-41-18-6-3-15-37(41)38-29-49-22-21-42(38)50/h3-26,29H,1-2H3. The number of anilines is 3. The summed E-state index contributed by atoms with van der Waals surface area (Å²) in [5.74, 6) is 0. The van der Waals surface area contributed by atoms with E-state index >= 15 is 0 Å². The average Bonchev–Trinajstić information content (AvgIpc) is 3.52. The molecule has 0 fully saturated rings. The fourth-order valence-corrected chi connectivity index (χ4v) is 7.97. The molecule has 6 aromatic carbocycles. The van der Waals surface area contributed by atoms with E-state index in [0.29, 0.717) is 16.7 Å². The first-order chi connectivity index (χ1) is 25.0. The van der Waals surface area contributed by atoms with E-state index in [0.717, 1.165) is 61.2 Å². The summed E-state index contributed by atoms with van der Waals surface area (Å²) in [6, 6.07) is 52.8. The van der Waals surface area contributed by atoms with Crippen LogP contribution in [-0.2, 0) is 5.41 Å². The predicted molar refractivity (Wildman–Crippen MR) is 206 cm³/mol. The second kappa shape index (κ2) is 11.6. The number of nitriles is 2. The van der Waals surface area contributed by atoms with Crippen LogP contribution in [0.1, 0.15) is 36.1 Å². The number of pyridine rings is 1. The second-order valence-electron chi connectivity index (χ2n) is 13.5. The molecule has 2 aromatic heterocycles. The van der Waals surface area contributed by atoms with E-state index in [-0.39, 0.29) is 5.41 Å². The molecule has 5 nitrogen and oxygen atoms in total. The van der Waals surface area contributed by atoms with Crippen LogP contribution in [0.4, 0.5) is 17.1 Å². The lowest BCUT2D eigenvalue weighted by atomic mass is 9.73. The summed E-state index contributed by atoms with van der Waals surface area (Å²) in [5.41, 5.74) is 13.3. The summed E-state index contributed by atoms with van der Waals surface area (Å²) in [7, 11) is 0. The third-order valence-electron chi connectivity index (χ3n) is 10.3. The molecule has 0 unspecified atom stereocenters. The minimum atomic E-state index is -0.190. The molecule has 0 atom stereocenters. The quantitative estimate of drug-likeness (QED) is 0.190. The molecule has 240 valence electrons. The van der Waals surface area contributed by atoms with Crippen molar-refractivity contribution in [3.05, 3.63) is 174 Å². The van der Waals surface area contributed by atoms with Gasteiger partial charge in [0, 0.05) is 45.5 Å². The van der Waals surface area contributed by atoms with E-state index < -0.39 is 0 Å². The van der Waals surface area contributed by atoms with Gasteiger partial charge in [-0.05, 0) is 88.5 Å². The fraction of sp³-hybridized carbons (Fsp3) is 0.0652. The first-order valence-corrected chi connectivity index (χ1v) is 17.0. The number of hydrogen-bond acceptors (Lipinski definition) is 4. The molecule has 0 bridgehead atoms. The molecule has 0 N–H and O–H groups in total. The van der Waals surface area contributed by atoms with Crippen molar-refractivity contribution in [1.29, 1.82) is 10.5 Å². The number of rotatable bonds is 4. The minimum Gasteiger partial charge on any atom is -0.310 e. The van der Waals surface area contributed by atoms with Crippen molar-refractivity contribution in [2.24, 2.45) is 0 Å². The van der Waals surface area contributed by atoms with Crippen LogP contribution in [-0.4, -0.2) is 9.55 Å². The minimum absolute atomic E-state index is 0.190. The first-order valence-electron chi connectivity index (χ1n) is 17.0. The molecule has 1 aliphatic heterocycles. The maximum absolute atomic E-state index is 10.0. The van der Waals surface area contributed by atoms with Gasteiger partial charge in [0.1, 0.15) is 0 Å². The Balaban J connectivity index is 1.35. The summed E-state index contributed by atoms with van der Waals surface area (Å²) in [6.45, 7) is 4.60. The molecule has 5 heteroatoms. The number of nitrogens with zero attached hydrogens (tertiary/aromatic N) is 5. The first kappa shape index (κ1) is 30.1. The lowest BCUT2D eigenvalue weighted by Crippen LogP contribution is -2.30. The van der Waals surface area contributed by atoms with Crippen molar-refractivity contribution in [2.75, 3.05) is 4.90 Å². The van der Waals surface area contributed by atoms with Gasteiger partial charge in [0.15, 0.2) is 0 Å². The second-order valence-corrected chi connectivity index (χ2v) is 13.5. The van der Waals surface area contributed by atoms with Crippen molar-refractivity contribution in [2.45, 2.75) is 19.3 Å². The highest BCUT2D eigenvalue weighted by molar-refractivity contribution is 6.09. The van der Waals surface area contributed by atoms with E-state index in [9.17, 15) is 10.5 Å². The van der Waals surface area contributed by atoms with E-state index in [1.165, 1.54) is 11.1 Å². The third-order valence-corrected chi connectivity index (χ3v) is 10.3.